The highest BCUT2D eigenvalue weighted by atomic mass is 16.5. The number of carbonyl (C=O) groups is 1. The van der Waals surface area contributed by atoms with Crippen molar-refractivity contribution in [2.24, 2.45) is 0 Å². The van der Waals surface area contributed by atoms with Gasteiger partial charge in [-0.05, 0) is 24.6 Å². The lowest BCUT2D eigenvalue weighted by Crippen LogP contribution is -2.04. The van der Waals surface area contributed by atoms with Gasteiger partial charge in [-0.25, -0.2) is 4.68 Å². The maximum absolute atomic E-state index is 10.7. The second-order valence-corrected chi connectivity index (χ2v) is 4.00. The van der Waals surface area contributed by atoms with E-state index in [4.69, 9.17) is 9.84 Å². The Kier molecular flexibility index (Phi) is 3.32. The van der Waals surface area contributed by atoms with Crippen LogP contribution in [0.15, 0.2) is 30.5 Å². The zero-order valence-electron chi connectivity index (χ0n) is 10.3. The van der Waals surface area contributed by atoms with Gasteiger partial charge in [0.2, 0.25) is 5.88 Å². The van der Waals surface area contributed by atoms with Gasteiger partial charge in [-0.15, -0.1) is 0 Å². The standard InChI is InChI=1S/C13H14N2O3/c1-9-4-3-5-11(6-9)15-13(18-2)10(8-14-15)7-12(16)17/h3-6,8H,7H2,1-2H3,(H,16,17). The first kappa shape index (κ1) is 12.2. The molecule has 0 bridgehead atoms. The molecule has 0 spiro atoms. The minimum absolute atomic E-state index is 0.102. The molecule has 18 heavy (non-hydrogen) atoms. The summed E-state index contributed by atoms with van der Waals surface area (Å²) in [7, 11) is 1.51. The largest absolute Gasteiger partial charge is 0.481 e. The van der Waals surface area contributed by atoms with E-state index in [0.717, 1.165) is 11.3 Å². The molecular formula is C13H14N2O3. The van der Waals surface area contributed by atoms with Gasteiger partial charge >= 0.3 is 5.97 Å². The third-order valence-corrected chi connectivity index (χ3v) is 2.58. The molecule has 2 aromatic rings. The van der Waals surface area contributed by atoms with E-state index < -0.39 is 5.97 Å². The number of ether oxygens (including phenoxy) is 1. The highest BCUT2D eigenvalue weighted by molar-refractivity contribution is 5.71. The molecule has 94 valence electrons. The van der Waals surface area contributed by atoms with E-state index in [-0.39, 0.29) is 6.42 Å². The summed E-state index contributed by atoms with van der Waals surface area (Å²) < 4.78 is 6.85. The second kappa shape index (κ2) is 4.91. The van der Waals surface area contributed by atoms with Gasteiger partial charge in [0.1, 0.15) is 0 Å². The topological polar surface area (TPSA) is 64.3 Å². The average molecular weight is 246 g/mol. The summed E-state index contributed by atoms with van der Waals surface area (Å²) in [5.41, 5.74) is 2.51. The van der Waals surface area contributed by atoms with E-state index in [9.17, 15) is 4.79 Å². The van der Waals surface area contributed by atoms with Crippen LogP contribution >= 0.6 is 0 Å². The van der Waals surface area contributed by atoms with Crippen molar-refractivity contribution in [2.75, 3.05) is 7.11 Å². The van der Waals surface area contributed by atoms with E-state index in [0.29, 0.717) is 11.4 Å². The van der Waals surface area contributed by atoms with Crippen LogP contribution in [0.4, 0.5) is 0 Å². The lowest BCUT2D eigenvalue weighted by atomic mass is 10.2. The lowest BCUT2D eigenvalue weighted by molar-refractivity contribution is -0.136. The number of rotatable bonds is 4. The van der Waals surface area contributed by atoms with Crippen molar-refractivity contribution in [1.29, 1.82) is 0 Å². The number of methoxy groups -OCH3 is 1. The first-order valence-electron chi connectivity index (χ1n) is 5.51. The van der Waals surface area contributed by atoms with E-state index in [1.165, 1.54) is 13.3 Å². The van der Waals surface area contributed by atoms with Crippen LogP contribution in [-0.2, 0) is 11.2 Å². The summed E-state index contributed by atoms with van der Waals surface area (Å²) in [6.07, 6.45) is 1.42. The summed E-state index contributed by atoms with van der Waals surface area (Å²) in [6.45, 7) is 1.98. The normalized spacial score (nSPS) is 10.3. The summed E-state index contributed by atoms with van der Waals surface area (Å²) in [5, 5.41) is 13.0. The summed E-state index contributed by atoms with van der Waals surface area (Å²) in [5.74, 6) is -0.444. The molecule has 0 radical (unpaired) electrons. The van der Waals surface area contributed by atoms with Crippen LogP contribution in [-0.4, -0.2) is 28.0 Å². The highest BCUT2D eigenvalue weighted by Gasteiger charge is 2.15. The summed E-state index contributed by atoms with van der Waals surface area (Å²) in [6, 6.07) is 7.76. The van der Waals surface area contributed by atoms with Crippen LogP contribution < -0.4 is 4.74 Å². The summed E-state index contributed by atoms with van der Waals surface area (Å²) >= 11 is 0. The van der Waals surface area contributed by atoms with Crippen molar-refractivity contribution in [1.82, 2.24) is 9.78 Å². The maximum atomic E-state index is 10.7. The number of carboxylic acid groups (broad SMARTS) is 1. The third-order valence-electron chi connectivity index (χ3n) is 2.58. The Morgan fingerprint density at radius 2 is 2.28 bits per heavy atom. The van der Waals surface area contributed by atoms with E-state index >= 15 is 0 Å². The predicted molar refractivity (Wildman–Crippen MR) is 66.2 cm³/mol. The molecule has 0 atom stereocenters. The van der Waals surface area contributed by atoms with Crippen molar-refractivity contribution in [3.8, 4) is 11.6 Å². The number of carboxylic acids is 1. The molecule has 5 nitrogen and oxygen atoms in total. The van der Waals surface area contributed by atoms with Gasteiger partial charge in [0.15, 0.2) is 0 Å². The fraction of sp³-hybridized carbons (Fsp3) is 0.231. The molecule has 0 unspecified atom stereocenters. The summed E-state index contributed by atoms with van der Waals surface area (Å²) in [4.78, 5) is 10.7. The fourth-order valence-electron chi connectivity index (χ4n) is 1.82. The van der Waals surface area contributed by atoms with E-state index in [1.54, 1.807) is 4.68 Å². The van der Waals surface area contributed by atoms with Crippen molar-refractivity contribution >= 4 is 5.97 Å². The Bertz CT molecular complexity index is 575. The molecule has 5 heteroatoms. The number of nitrogens with zero attached hydrogens (tertiary/aromatic N) is 2. The van der Waals surface area contributed by atoms with Crippen LogP contribution in [0.1, 0.15) is 11.1 Å². The minimum atomic E-state index is -0.905. The zero-order valence-corrected chi connectivity index (χ0v) is 10.3. The smallest absolute Gasteiger partial charge is 0.308 e. The Morgan fingerprint density at radius 3 is 2.89 bits per heavy atom. The molecule has 1 heterocycles. The van der Waals surface area contributed by atoms with E-state index in [1.807, 2.05) is 31.2 Å². The average Bonchev–Trinajstić information content (AvgIpc) is 2.71. The highest BCUT2D eigenvalue weighted by Crippen LogP contribution is 2.23. The first-order valence-corrected chi connectivity index (χ1v) is 5.51. The molecule has 0 aliphatic heterocycles. The maximum Gasteiger partial charge on any atom is 0.308 e. The molecule has 0 amide bonds. The molecule has 2 rings (SSSR count). The van der Waals surface area contributed by atoms with Crippen LogP contribution in [0, 0.1) is 6.92 Å². The Labute approximate surface area is 105 Å². The van der Waals surface area contributed by atoms with E-state index in [2.05, 4.69) is 5.10 Å². The van der Waals surface area contributed by atoms with Crippen LogP contribution in [0.2, 0.25) is 0 Å². The number of benzene rings is 1. The molecule has 1 aromatic carbocycles. The number of aryl methyl sites for hydroxylation is 1. The van der Waals surface area contributed by atoms with Crippen molar-refractivity contribution < 1.29 is 14.6 Å². The molecule has 1 aromatic heterocycles. The minimum Gasteiger partial charge on any atom is -0.481 e. The van der Waals surface area contributed by atoms with Gasteiger partial charge < -0.3 is 9.84 Å². The van der Waals surface area contributed by atoms with Gasteiger partial charge in [-0.2, -0.15) is 5.10 Å². The van der Waals surface area contributed by atoms with Crippen LogP contribution in [0.25, 0.3) is 5.69 Å². The van der Waals surface area contributed by atoms with Gasteiger partial charge in [0, 0.05) is 5.56 Å². The molecule has 0 saturated heterocycles. The van der Waals surface area contributed by atoms with Gasteiger partial charge in [-0.3, -0.25) is 4.79 Å². The van der Waals surface area contributed by atoms with Crippen molar-refractivity contribution in [2.45, 2.75) is 13.3 Å². The number of aromatic nitrogens is 2. The van der Waals surface area contributed by atoms with Gasteiger partial charge in [-0.1, -0.05) is 12.1 Å². The monoisotopic (exact) mass is 246 g/mol. The fourth-order valence-corrected chi connectivity index (χ4v) is 1.82. The van der Waals surface area contributed by atoms with Crippen LogP contribution in [0.3, 0.4) is 0 Å². The van der Waals surface area contributed by atoms with Crippen LogP contribution in [0.5, 0.6) is 5.88 Å². The number of aliphatic carboxylic acids is 1. The first-order chi connectivity index (χ1) is 8.61. The molecule has 1 N–H and O–H groups in total. The van der Waals surface area contributed by atoms with Crippen molar-refractivity contribution in [3.63, 3.8) is 0 Å². The number of hydrogen-bond acceptors (Lipinski definition) is 3. The molecule has 0 fully saturated rings. The second-order valence-electron chi connectivity index (χ2n) is 4.00. The SMILES string of the molecule is COc1c(CC(=O)O)cnn1-c1cccc(C)c1. The Morgan fingerprint density at radius 1 is 1.50 bits per heavy atom. The quantitative estimate of drug-likeness (QED) is 0.893. The predicted octanol–water partition coefficient (Wildman–Crippen LogP) is 1.82. The molecule has 0 aliphatic rings. The lowest BCUT2D eigenvalue weighted by Gasteiger charge is -2.08. The van der Waals surface area contributed by atoms with Gasteiger partial charge in [0.05, 0.1) is 25.4 Å². The third kappa shape index (κ3) is 2.34. The Balaban J connectivity index is 2.45. The van der Waals surface area contributed by atoms with Crippen molar-refractivity contribution in [3.05, 3.63) is 41.6 Å². The number of hydrogen-bond donors (Lipinski definition) is 1. The molecule has 0 saturated carbocycles. The van der Waals surface area contributed by atoms with Gasteiger partial charge in [0.25, 0.3) is 0 Å². The Hall–Kier alpha value is -2.30. The molecule has 0 aliphatic carbocycles. The molecular weight excluding hydrogens is 232 g/mol. The zero-order chi connectivity index (χ0) is 13.1.